The van der Waals surface area contributed by atoms with E-state index in [-0.39, 0.29) is 35.7 Å². The summed E-state index contributed by atoms with van der Waals surface area (Å²) in [5.74, 6) is 0.787. The fourth-order valence-electron chi connectivity index (χ4n) is 4.80. The molecule has 0 aromatic heterocycles. The van der Waals surface area contributed by atoms with Crippen LogP contribution in [0, 0.1) is 45.3 Å². The Morgan fingerprint density at radius 1 is 1.13 bits per heavy atom. The highest BCUT2D eigenvalue weighted by Gasteiger charge is 2.44. The summed E-state index contributed by atoms with van der Waals surface area (Å²) in [5, 5.41) is 32.9. The zero-order chi connectivity index (χ0) is 34.6. The number of carbonyl (C=O) groups excluding carboxylic acids is 2. The average Bonchev–Trinajstić information content (AvgIpc) is 3.64. The predicted molar refractivity (Wildman–Crippen MR) is 177 cm³/mol. The summed E-state index contributed by atoms with van der Waals surface area (Å²) in [7, 11) is 0. The number of benzene rings is 1. The van der Waals surface area contributed by atoms with Crippen LogP contribution >= 0.6 is 0 Å². The van der Waals surface area contributed by atoms with E-state index in [2.05, 4.69) is 44.4 Å². The van der Waals surface area contributed by atoms with Crippen molar-refractivity contribution in [2.24, 2.45) is 28.4 Å². The van der Waals surface area contributed by atoms with Crippen molar-refractivity contribution in [3.05, 3.63) is 35.9 Å². The monoisotopic (exact) mass is 643 g/mol. The van der Waals surface area contributed by atoms with Gasteiger partial charge in [0.25, 0.3) is 0 Å². The number of nitrogens with zero attached hydrogens (tertiary/aromatic N) is 2. The van der Waals surface area contributed by atoms with E-state index >= 15 is 0 Å². The van der Waals surface area contributed by atoms with Crippen LogP contribution < -0.4 is 16.4 Å². The highest BCUT2D eigenvalue weighted by atomic mass is 16.7. The highest BCUT2D eigenvalue weighted by molar-refractivity contribution is 5.68. The smallest absolute Gasteiger partial charge is 0.407 e. The normalized spacial score (nSPS) is 20.0. The van der Waals surface area contributed by atoms with Crippen LogP contribution in [0.5, 0.6) is 0 Å². The molecule has 0 bridgehead atoms. The van der Waals surface area contributed by atoms with Crippen LogP contribution in [0.3, 0.4) is 0 Å². The minimum absolute atomic E-state index is 0.0584. The molecule has 2 saturated heterocycles. The van der Waals surface area contributed by atoms with Gasteiger partial charge in [-0.2, -0.15) is 10.5 Å². The summed E-state index contributed by atoms with van der Waals surface area (Å²) >= 11 is 0. The highest BCUT2D eigenvalue weighted by Crippen LogP contribution is 2.33. The lowest BCUT2D eigenvalue weighted by atomic mass is 9.88. The van der Waals surface area contributed by atoms with E-state index in [1.54, 1.807) is 0 Å². The van der Waals surface area contributed by atoms with Crippen LogP contribution in [0.15, 0.2) is 30.3 Å². The lowest BCUT2D eigenvalue weighted by Crippen LogP contribution is -2.49. The van der Waals surface area contributed by atoms with Crippen molar-refractivity contribution in [1.29, 1.82) is 10.5 Å². The van der Waals surface area contributed by atoms with E-state index in [9.17, 15) is 14.7 Å². The van der Waals surface area contributed by atoms with E-state index in [1.807, 2.05) is 50.2 Å². The van der Waals surface area contributed by atoms with Crippen molar-refractivity contribution in [3.63, 3.8) is 0 Å². The summed E-state index contributed by atoms with van der Waals surface area (Å²) in [4.78, 5) is 22.5. The predicted octanol–water partition coefficient (Wildman–Crippen LogP) is 4.48. The van der Waals surface area contributed by atoms with Crippen LogP contribution in [0.2, 0.25) is 0 Å². The van der Waals surface area contributed by atoms with E-state index < -0.39 is 18.2 Å². The van der Waals surface area contributed by atoms with Crippen LogP contribution in [0.1, 0.15) is 79.2 Å². The van der Waals surface area contributed by atoms with Gasteiger partial charge in [0.05, 0.1) is 43.4 Å². The van der Waals surface area contributed by atoms with Crippen molar-refractivity contribution < 1.29 is 28.9 Å². The Morgan fingerprint density at radius 2 is 1.78 bits per heavy atom. The molecule has 5 N–H and O–H groups in total. The Morgan fingerprint density at radius 3 is 2.37 bits per heavy atom. The van der Waals surface area contributed by atoms with Crippen molar-refractivity contribution in [1.82, 2.24) is 10.6 Å². The van der Waals surface area contributed by atoms with Gasteiger partial charge in [0.15, 0.2) is 6.29 Å². The van der Waals surface area contributed by atoms with E-state index in [0.717, 1.165) is 37.8 Å². The van der Waals surface area contributed by atoms with Gasteiger partial charge < -0.3 is 40.5 Å². The second-order valence-corrected chi connectivity index (χ2v) is 13.8. The van der Waals surface area contributed by atoms with Crippen molar-refractivity contribution in [2.75, 3.05) is 32.8 Å². The van der Waals surface area contributed by atoms with Gasteiger partial charge >= 0.3 is 6.09 Å². The van der Waals surface area contributed by atoms with Gasteiger partial charge in [0.2, 0.25) is 0 Å². The number of aliphatic hydroxyl groups excluding tert-OH is 1. The zero-order valence-electron chi connectivity index (χ0n) is 28.7. The maximum atomic E-state index is 12.2. The number of hydrogen-bond acceptors (Lipinski definition) is 10. The van der Waals surface area contributed by atoms with Gasteiger partial charge in [-0.1, -0.05) is 71.9 Å². The third-order valence-corrected chi connectivity index (χ3v) is 7.82. The molecule has 0 saturated carbocycles. The molecule has 0 spiro atoms. The van der Waals surface area contributed by atoms with Crippen LogP contribution in [-0.2, 0) is 25.4 Å². The lowest BCUT2D eigenvalue weighted by Gasteiger charge is -2.24. The second-order valence-electron chi connectivity index (χ2n) is 13.8. The van der Waals surface area contributed by atoms with Crippen molar-refractivity contribution >= 4 is 12.4 Å². The maximum Gasteiger partial charge on any atom is 0.407 e. The van der Waals surface area contributed by atoms with E-state index in [4.69, 9.17) is 30.5 Å². The number of aliphatic hydroxyl groups is 1. The number of hydrogen-bond donors (Lipinski definition) is 4. The Balaban J connectivity index is 0.000000405. The Hall–Kier alpha value is -3.06. The number of aldehydes is 1. The SMILES string of the molecule is CC(C)(C=O)CCC#N.CC(C)CNCC(C)(C)CCC#N.NC[C@@H](O)[C@H](Cc1ccccc1)NC(=O)O[C@H]1CO[C@H]2OCC[C@H]21. The molecule has 11 heteroatoms. The number of fused-ring (bicyclic) bond motifs is 1. The Bertz CT molecular complexity index is 1090. The molecule has 5 atom stereocenters. The first-order valence-corrected chi connectivity index (χ1v) is 16.3. The maximum absolute atomic E-state index is 12.2. The molecular weight excluding hydrogens is 586 g/mol. The second kappa shape index (κ2) is 21.7. The molecule has 11 nitrogen and oxygen atoms in total. The zero-order valence-corrected chi connectivity index (χ0v) is 28.7. The van der Waals surface area contributed by atoms with Gasteiger partial charge in [-0.05, 0) is 49.1 Å². The molecule has 3 rings (SSSR count). The van der Waals surface area contributed by atoms with E-state index in [0.29, 0.717) is 44.8 Å². The van der Waals surface area contributed by atoms with Crippen LogP contribution in [0.25, 0.3) is 0 Å². The summed E-state index contributed by atoms with van der Waals surface area (Å²) in [6.45, 7) is 15.6. The Kier molecular flexibility index (Phi) is 19.3. The number of rotatable bonds is 15. The number of alkyl carbamates (subject to hydrolysis) is 1. The van der Waals surface area contributed by atoms with Gasteiger partial charge in [0, 0.05) is 31.3 Å². The van der Waals surface area contributed by atoms with Crippen LogP contribution in [0.4, 0.5) is 4.79 Å². The van der Waals surface area contributed by atoms with E-state index in [1.165, 1.54) is 0 Å². The number of ether oxygens (including phenoxy) is 3. The molecular formula is C35H57N5O6. The largest absolute Gasteiger partial charge is 0.443 e. The molecule has 0 unspecified atom stereocenters. The number of nitrogens with one attached hydrogen (secondary N) is 2. The molecule has 1 aromatic carbocycles. The topological polar surface area (TPSA) is 180 Å². The average molecular weight is 644 g/mol. The minimum Gasteiger partial charge on any atom is -0.443 e. The molecule has 1 aromatic rings. The third kappa shape index (κ3) is 17.0. The Labute approximate surface area is 276 Å². The fourth-order valence-corrected chi connectivity index (χ4v) is 4.80. The molecule has 2 aliphatic heterocycles. The molecule has 0 radical (unpaired) electrons. The van der Waals surface area contributed by atoms with Gasteiger partial charge in [-0.3, -0.25) is 0 Å². The first kappa shape index (κ1) is 41.0. The molecule has 2 aliphatic rings. The van der Waals surface area contributed by atoms with Crippen LogP contribution in [-0.4, -0.2) is 74.9 Å². The number of amides is 1. The minimum atomic E-state index is -0.847. The summed E-state index contributed by atoms with van der Waals surface area (Å²) in [5.41, 5.74) is 6.51. The third-order valence-electron chi connectivity index (χ3n) is 7.82. The molecule has 258 valence electrons. The molecule has 2 heterocycles. The fraction of sp³-hybridized carbons (Fsp3) is 0.714. The molecule has 0 aliphatic carbocycles. The van der Waals surface area contributed by atoms with Gasteiger partial charge in [-0.15, -0.1) is 0 Å². The lowest BCUT2D eigenvalue weighted by molar-refractivity contribution is -0.114. The summed E-state index contributed by atoms with van der Waals surface area (Å²) in [6.07, 6.45) is 2.97. The summed E-state index contributed by atoms with van der Waals surface area (Å²) < 4.78 is 16.4. The molecule has 46 heavy (non-hydrogen) atoms. The number of carbonyl (C=O) groups is 2. The van der Waals surface area contributed by atoms with Crippen molar-refractivity contribution in [2.45, 2.75) is 105 Å². The summed E-state index contributed by atoms with van der Waals surface area (Å²) in [6, 6.07) is 13.3. The molecule has 2 fully saturated rings. The number of nitriles is 2. The standard InChI is InChI=1S/C17H24N2O5.C11H22N2.C7H11NO/c18-9-14(20)13(8-11-4-2-1-3-5-11)19-17(21)24-15-10-23-16-12(15)6-7-22-16;1-10(2)8-13-9-11(3,4)6-5-7-12;1-7(2,6-9)4-3-5-8/h1-5,12-16,20H,6-10,18H2,(H,19,21);10,13H,5-6,8-9H2,1-4H3;6H,3-4H2,1-2H3/t12-,13-,14+,15-,16+;;/m0../s1. The number of nitrogens with two attached hydrogens (primary N) is 1. The quantitative estimate of drug-likeness (QED) is 0.199. The van der Waals surface area contributed by atoms with Gasteiger partial charge in [-0.25, -0.2) is 4.79 Å². The molecule has 1 amide bonds. The first-order chi connectivity index (χ1) is 21.8. The first-order valence-electron chi connectivity index (χ1n) is 16.3. The van der Waals surface area contributed by atoms with Gasteiger partial charge in [0.1, 0.15) is 12.4 Å². The van der Waals surface area contributed by atoms with Crippen molar-refractivity contribution in [3.8, 4) is 12.1 Å².